The van der Waals surface area contributed by atoms with Crippen molar-refractivity contribution in [3.05, 3.63) is 17.6 Å². The second-order valence-corrected chi connectivity index (χ2v) is 5.06. The highest BCUT2D eigenvalue weighted by molar-refractivity contribution is 5.35. The number of nitrogens with zero attached hydrogens (tertiary/aromatic N) is 3. The Kier molecular flexibility index (Phi) is 6.78. The van der Waals surface area contributed by atoms with Crippen molar-refractivity contribution < 1.29 is 0 Å². The van der Waals surface area contributed by atoms with E-state index in [2.05, 4.69) is 47.9 Å². The van der Waals surface area contributed by atoms with Crippen LogP contribution in [0.1, 0.15) is 52.1 Å². The van der Waals surface area contributed by atoms with Crippen molar-refractivity contribution in [3.8, 4) is 0 Å². The summed E-state index contributed by atoms with van der Waals surface area (Å²) in [5, 5.41) is 3.34. The van der Waals surface area contributed by atoms with Crippen molar-refractivity contribution in [1.29, 1.82) is 0 Å². The molecule has 4 nitrogen and oxygen atoms in total. The zero-order valence-electron chi connectivity index (χ0n) is 13.0. The van der Waals surface area contributed by atoms with Gasteiger partial charge in [-0.3, -0.25) is 4.90 Å². The van der Waals surface area contributed by atoms with Crippen LogP contribution in [0.2, 0.25) is 0 Å². The maximum atomic E-state index is 4.61. The molecule has 4 heteroatoms. The summed E-state index contributed by atoms with van der Waals surface area (Å²) in [7, 11) is 0. The van der Waals surface area contributed by atoms with Gasteiger partial charge in [-0.15, -0.1) is 0 Å². The van der Waals surface area contributed by atoms with E-state index < -0.39 is 0 Å². The average molecular weight is 264 g/mol. The van der Waals surface area contributed by atoms with E-state index in [1.54, 1.807) is 0 Å². The Morgan fingerprint density at radius 1 is 1.26 bits per heavy atom. The first-order valence-corrected chi connectivity index (χ1v) is 7.43. The molecular weight excluding hydrogens is 236 g/mol. The fraction of sp³-hybridized carbons (Fsp3) is 0.733. The Morgan fingerprint density at radius 2 is 2.00 bits per heavy atom. The lowest BCUT2D eigenvalue weighted by Crippen LogP contribution is -2.32. The van der Waals surface area contributed by atoms with Gasteiger partial charge < -0.3 is 5.32 Å². The number of aromatic nitrogens is 2. The van der Waals surface area contributed by atoms with E-state index in [-0.39, 0.29) is 0 Å². The molecule has 1 unspecified atom stereocenters. The van der Waals surface area contributed by atoms with E-state index in [0.29, 0.717) is 6.04 Å². The normalized spacial score (nSPS) is 12.7. The predicted octanol–water partition coefficient (Wildman–Crippen LogP) is 3.23. The molecule has 0 fully saturated rings. The molecule has 1 atom stereocenters. The summed E-state index contributed by atoms with van der Waals surface area (Å²) in [5.74, 6) is 1.87. The zero-order chi connectivity index (χ0) is 14.3. The molecule has 0 aromatic carbocycles. The first-order valence-electron chi connectivity index (χ1n) is 7.43. The van der Waals surface area contributed by atoms with Crippen LogP contribution in [0.5, 0.6) is 0 Å². The summed E-state index contributed by atoms with van der Waals surface area (Å²) in [6.07, 6.45) is 2.26. The van der Waals surface area contributed by atoms with Crippen LogP contribution in [0.15, 0.2) is 6.07 Å². The van der Waals surface area contributed by atoms with Gasteiger partial charge in [0.05, 0.1) is 6.54 Å². The van der Waals surface area contributed by atoms with Crippen LogP contribution < -0.4 is 5.32 Å². The van der Waals surface area contributed by atoms with E-state index >= 15 is 0 Å². The SMILES string of the molecule is CCCNc1cc(C)nc(CN(CC)C(C)CC)n1. The largest absolute Gasteiger partial charge is 0.370 e. The molecule has 0 aliphatic heterocycles. The molecule has 1 rings (SSSR count). The van der Waals surface area contributed by atoms with E-state index in [1.165, 1.54) is 0 Å². The second kappa shape index (κ2) is 8.10. The fourth-order valence-corrected chi connectivity index (χ4v) is 2.06. The molecule has 0 saturated carbocycles. The van der Waals surface area contributed by atoms with Gasteiger partial charge in [0.1, 0.15) is 11.6 Å². The van der Waals surface area contributed by atoms with Gasteiger partial charge in [0.15, 0.2) is 0 Å². The third-order valence-corrected chi connectivity index (χ3v) is 3.42. The Morgan fingerprint density at radius 3 is 2.58 bits per heavy atom. The molecule has 0 radical (unpaired) electrons. The maximum absolute atomic E-state index is 4.61. The van der Waals surface area contributed by atoms with Crippen LogP contribution in [-0.4, -0.2) is 34.0 Å². The van der Waals surface area contributed by atoms with Gasteiger partial charge >= 0.3 is 0 Å². The molecule has 1 N–H and O–H groups in total. The van der Waals surface area contributed by atoms with E-state index in [9.17, 15) is 0 Å². The lowest BCUT2D eigenvalue weighted by Gasteiger charge is -2.26. The number of hydrogen-bond acceptors (Lipinski definition) is 4. The molecule has 0 spiro atoms. The van der Waals surface area contributed by atoms with Crippen LogP contribution in [0.4, 0.5) is 5.82 Å². The second-order valence-electron chi connectivity index (χ2n) is 5.06. The van der Waals surface area contributed by atoms with Gasteiger partial charge in [-0.05, 0) is 33.2 Å². The molecule has 19 heavy (non-hydrogen) atoms. The summed E-state index contributed by atoms with van der Waals surface area (Å²) in [5.41, 5.74) is 1.03. The summed E-state index contributed by atoms with van der Waals surface area (Å²) in [6, 6.07) is 2.58. The van der Waals surface area contributed by atoms with Crippen molar-refractivity contribution in [2.75, 3.05) is 18.4 Å². The first kappa shape index (κ1) is 15.9. The third-order valence-electron chi connectivity index (χ3n) is 3.42. The van der Waals surface area contributed by atoms with Crippen molar-refractivity contribution in [2.45, 2.75) is 60.0 Å². The highest BCUT2D eigenvalue weighted by Crippen LogP contribution is 2.11. The van der Waals surface area contributed by atoms with Crippen LogP contribution >= 0.6 is 0 Å². The third kappa shape index (κ3) is 5.15. The number of hydrogen-bond donors (Lipinski definition) is 1. The first-order chi connectivity index (χ1) is 9.10. The van der Waals surface area contributed by atoms with Crippen LogP contribution in [0, 0.1) is 6.92 Å². The summed E-state index contributed by atoms with van der Waals surface area (Å²) < 4.78 is 0. The topological polar surface area (TPSA) is 41.1 Å². The Bertz CT molecular complexity index is 378. The summed E-state index contributed by atoms with van der Waals surface area (Å²) in [6.45, 7) is 13.7. The predicted molar refractivity (Wildman–Crippen MR) is 81.4 cm³/mol. The van der Waals surface area contributed by atoms with Crippen molar-refractivity contribution >= 4 is 5.82 Å². The summed E-state index contributed by atoms with van der Waals surface area (Å²) >= 11 is 0. The minimum absolute atomic E-state index is 0.571. The Labute approximate surface area is 117 Å². The van der Waals surface area contributed by atoms with Crippen molar-refractivity contribution in [2.24, 2.45) is 0 Å². The van der Waals surface area contributed by atoms with E-state index in [1.807, 2.05) is 13.0 Å². The molecule has 108 valence electrons. The summed E-state index contributed by atoms with van der Waals surface area (Å²) in [4.78, 5) is 11.6. The zero-order valence-corrected chi connectivity index (χ0v) is 13.0. The van der Waals surface area contributed by atoms with Crippen molar-refractivity contribution in [3.63, 3.8) is 0 Å². The highest BCUT2D eigenvalue weighted by Gasteiger charge is 2.12. The molecule has 0 bridgehead atoms. The molecule has 0 amide bonds. The van der Waals surface area contributed by atoms with Gasteiger partial charge in [0.2, 0.25) is 0 Å². The average Bonchev–Trinajstić information content (AvgIpc) is 2.41. The molecule has 1 aromatic heterocycles. The number of aryl methyl sites for hydroxylation is 1. The minimum Gasteiger partial charge on any atom is -0.370 e. The smallest absolute Gasteiger partial charge is 0.144 e. The number of anilines is 1. The van der Waals surface area contributed by atoms with Crippen LogP contribution in [0.25, 0.3) is 0 Å². The van der Waals surface area contributed by atoms with Gasteiger partial charge in [-0.25, -0.2) is 9.97 Å². The standard InChI is InChI=1S/C15H28N4/c1-6-9-16-14-10-12(4)17-15(18-14)11-19(8-3)13(5)7-2/h10,13H,6-9,11H2,1-5H3,(H,16,17,18). The number of nitrogens with one attached hydrogen (secondary N) is 1. The quantitative estimate of drug-likeness (QED) is 0.782. The fourth-order valence-electron chi connectivity index (χ4n) is 2.06. The Balaban J connectivity index is 2.78. The molecule has 0 aliphatic carbocycles. The lowest BCUT2D eigenvalue weighted by molar-refractivity contribution is 0.201. The number of rotatable bonds is 8. The minimum atomic E-state index is 0.571. The van der Waals surface area contributed by atoms with Gasteiger partial charge in [-0.2, -0.15) is 0 Å². The molecule has 0 saturated heterocycles. The van der Waals surface area contributed by atoms with Crippen molar-refractivity contribution in [1.82, 2.24) is 14.9 Å². The Hall–Kier alpha value is -1.16. The molecular formula is C15H28N4. The molecule has 1 heterocycles. The highest BCUT2D eigenvalue weighted by atomic mass is 15.2. The van der Waals surface area contributed by atoms with Gasteiger partial charge in [0.25, 0.3) is 0 Å². The molecule has 0 aliphatic rings. The van der Waals surface area contributed by atoms with E-state index in [4.69, 9.17) is 0 Å². The lowest BCUT2D eigenvalue weighted by atomic mass is 10.2. The molecule has 1 aromatic rings. The van der Waals surface area contributed by atoms with Crippen LogP contribution in [-0.2, 0) is 6.54 Å². The monoisotopic (exact) mass is 264 g/mol. The maximum Gasteiger partial charge on any atom is 0.144 e. The van der Waals surface area contributed by atoms with Crippen LogP contribution in [0.3, 0.4) is 0 Å². The van der Waals surface area contributed by atoms with E-state index in [0.717, 1.165) is 49.8 Å². The van der Waals surface area contributed by atoms with Gasteiger partial charge in [0, 0.05) is 24.3 Å². The van der Waals surface area contributed by atoms with Gasteiger partial charge in [-0.1, -0.05) is 20.8 Å².